The fraction of sp³-hybridized carbons (Fsp3) is 0.600. The van der Waals surface area contributed by atoms with Crippen molar-refractivity contribution in [3.05, 3.63) is 29.8 Å². The first-order chi connectivity index (χ1) is 8.24. The Bertz CT molecular complexity index is 356. The Morgan fingerprint density at radius 3 is 2.65 bits per heavy atom. The van der Waals surface area contributed by atoms with Crippen LogP contribution in [0.25, 0.3) is 0 Å². The smallest absolute Gasteiger partial charge is 0.0504 e. The lowest BCUT2D eigenvalue weighted by molar-refractivity contribution is 0.0944. The third-order valence-electron chi connectivity index (χ3n) is 3.94. The van der Waals surface area contributed by atoms with Gasteiger partial charge < -0.3 is 10.4 Å². The molecule has 0 heterocycles. The topological polar surface area (TPSA) is 32.3 Å². The molecule has 2 N–H and O–H groups in total. The van der Waals surface area contributed by atoms with Crippen LogP contribution in [0, 0.1) is 12.3 Å². The second-order valence-electron chi connectivity index (χ2n) is 5.44. The van der Waals surface area contributed by atoms with Gasteiger partial charge in [0.25, 0.3) is 0 Å². The van der Waals surface area contributed by atoms with Crippen molar-refractivity contribution < 1.29 is 5.11 Å². The normalized spacial score (nSPS) is 18.9. The summed E-state index contributed by atoms with van der Waals surface area (Å²) in [5, 5.41) is 13.1. The summed E-state index contributed by atoms with van der Waals surface area (Å²) >= 11 is 0. The molecule has 0 aliphatic heterocycles. The number of hydrogen-bond donors (Lipinski definition) is 2. The van der Waals surface area contributed by atoms with E-state index in [1.807, 2.05) is 0 Å². The summed E-state index contributed by atoms with van der Waals surface area (Å²) in [5.41, 5.74) is 2.56. The maximum absolute atomic E-state index is 9.63. The molecule has 0 radical (unpaired) electrons. The van der Waals surface area contributed by atoms with Gasteiger partial charge in [0, 0.05) is 17.6 Å². The minimum atomic E-state index is 0.113. The molecule has 2 rings (SSSR count). The Morgan fingerprint density at radius 1 is 1.24 bits per heavy atom. The largest absolute Gasteiger partial charge is 0.396 e. The molecule has 1 aromatic rings. The van der Waals surface area contributed by atoms with Gasteiger partial charge >= 0.3 is 0 Å². The molecule has 0 saturated heterocycles. The summed E-state index contributed by atoms with van der Waals surface area (Å²) in [5.74, 6) is 0. The van der Waals surface area contributed by atoms with Gasteiger partial charge in [-0.15, -0.1) is 0 Å². The minimum Gasteiger partial charge on any atom is -0.396 e. The fourth-order valence-corrected chi connectivity index (χ4v) is 2.74. The van der Waals surface area contributed by atoms with Gasteiger partial charge in [0.2, 0.25) is 0 Å². The number of nitrogens with one attached hydrogen (secondary N) is 1. The van der Waals surface area contributed by atoms with E-state index in [-0.39, 0.29) is 5.41 Å². The Morgan fingerprint density at radius 2 is 2.00 bits per heavy atom. The van der Waals surface area contributed by atoms with Crippen LogP contribution < -0.4 is 5.32 Å². The summed E-state index contributed by atoms with van der Waals surface area (Å²) in [4.78, 5) is 0. The number of hydrogen-bond acceptors (Lipinski definition) is 2. The van der Waals surface area contributed by atoms with Gasteiger partial charge in [0.1, 0.15) is 0 Å². The van der Waals surface area contributed by atoms with Crippen LogP contribution in [0.1, 0.15) is 37.7 Å². The molecule has 0 aromatic heterocycles. The van der Waals surface area contributed by atoms with Crippen molar-refractivity contribution in [2.24, 2.45) is 5.41 Å². The van der Waals surface area contributed by atoms with Gasteiger partial charge in [0.15, 0.2) is 0 Å². The lowest BCUT2D eigenvalue weighted by Crippen LogP contribution is -2.35. The van der Waals surface area contributed by atoms with Crippen LogP contribution in [0.4, 0.5) is 5.69 Å². The first-order valence-electron chi connectivity index (χ1n) is 6.66. The molecule has 0 amide bonds. The van der Waals surface area contributed by atoms with E-state index in [1.165, 1.54) is 30.5 Å². The van der Waals surface area contributed by atoms with Gasteiger partial charge in [-0.05, 0) is 37.5 Å². The van der Waals surface area contributed by atoms with Gasteiger partial charge in [-0.3, -0.25) is 0 Å². The van der Waals surface area contributed by atoms with Crippen LogP contribution in [-0.4, -0.2) is 18.3 Å². The van der Waals surface area contributed by atoms with E-state index in [0.717, 1.165) is 19.4 Å². The van der Waals surface area contributed by atoms with Crippen molar-refractivity contribution in [2.45, 2.75) is 39.0 Å². The average Bonchev–Trinajstić information content (AvgIpc) is 2.38. The molecule has 1 aliphatic rings. The average molecular weight is 233 g/mol. The highest BCUT2D eigenvalue weighted by atomic mass is 16.3. The molecule has 0 bridgehead atoms. The van der Waals surface area contributed by atoms with Gasteiger partial charge in [-0.2, -0.15) is 0 Å². The second-order valence-corrected chi connectivity index (χ2v) is 5.44. The van der Waals surface area contributed by atoms with Crippen LogP contribution in [-0.2, 0) is 0 Å². The molecule has 17 heavy (non-hydrogen) atoms. The molecule has 1 fully saturated rings. The van der Waals surface area contributed by atoms with Crippen molar-refractivity contribution in [3.63, 3.8) is 0 Å². The second kappa shape index (κ2) is 5.54. The zero-order valence-electron chi connectivity index (χ0n) is 10.7. The Balaban J connectivity index is 1.95. The lowest BCUT2D eigenvalue weighted by atomic mass is 9.74. The van der Waals surface area contributed by atoms with E-state index in [0.29, 0.717) is 6.61 Å². The summed E-state index contributed by atoms with van der Waals surface area (Å²) in [6.07, 6.45) is 6.16. The number of aryl methyl sites for hydroxylation is 1. The number of benzene rings is 1. The quantitative estimate of drug-likeness (QED) is 0.836. The van der Waals surface area contributed by atoms with Crippen molar-refractivity contribution >= 4 is 5.69 Å². The van der Waals surface area contributed by atoms with E-state index in [1.54, 1.807) is 0 Å². The van der Waals surface area contributed by atoms with Gasteiger partial charge in [-0.25, -0.2) is 0 Å². The highest BCUT2D eigenvalue weighted by Crippen LogP contribution is 2.35. The Labute approximate surface area is 104 Å². The van der Waals surface area contributed by atoms with Crippen LogP contribution in [0.2, 0.25) is 0 Å². The third-order valence-corrected chi connectivity index (χ3v) is 3.94. The van der Waals surface area contributed by atoms with Gasteiger partial charge in [0.05, 0.1) is 6.61 Å². The van der Waals surface area contributed by atoms with E-state index in [2.05, 4.69) is 36.5 Å². The molecule has 2 nitrogen and oxygen atoms in total. The standard InChI is InChI=1S/C15H23NO/c1-13-6-5-7-14(10-13)16-11-15(12-17)8-3-2-4-9-15/h5-7,10,16-17H,2-4,8-9,11-12H2,1H3. The summed E-state index contributed by atoms with van der Waals surface area (Å²) < 4.78 is 0. The van der Waals surface area contributed by atoms with Crippen LogP contribution in [0.15, 0.2) is 24.3 Å². The lowest BCUT2D eigenvalue weighted by Gasteiger charge is -2.36. The van der Waals surface area contributed by atoms with E-state index in [4.69, 9.17) is 0 Å². The molecule has 1 saturated carbocycles. The zero-order chi connectivity index (χ0) is 12.1. The molecule has 94 valence electrons. The predicted molar refractivity (Wildman–Crippen MR) is 72.3 cm³/mol. The van der Waals surface area contributed by atoms with Crippen LogP contribution in [0.3, 0.4) is 0 Å². The van der Waals surface area contributed by atoms with Crippen LogP contribution >= 0.6 is 0 Å². The molecule has 0 atom stereocenters. The Hall–Kier alpha value is -1.02. The molecular formula is C15H23NO. The maximum Gasteiger partial charge on any atom is 0.0504 e. The molecule has 2 heteroatoms. The third kappa shape index (κ3) is 3.22. The number of rotatable bonds is 4. The summed E-state index contributed by atoms with van der Waals surface area (Å²) in [7, 11) is 0. The number of anilines is 1. The van der Waals surface area contributed by atoms with Crippen molar-refractivity contribution in [3.8, 4) is 0 Å². The Kier molecular flexibility index (Phi) is 4.06. The van der Waals surface area contributed by atoms with Crippen molar-refractivity contribution in [1.29, 1.82) is 0 Å². The molecule has 1 aliphatic carbocycles. The first kappa shape index (κ1) is 12.4. The predicted octanol–water partition coefficient (Wildman–Crippen LogP) is 3.35. The fourth-order valence-electron chi connectivity index (χ4n) is 2.74. The van der Waals surface area contributed by atoms with E-state index < -0.39 is 0 Å². The highest BCUT2D eigenvalue weighted by molar-refractivity contribution is 5.45. The van der Waals surface area contributed by atoms with E-state index >= 15 is 0 Å². The molecular weight excluding hydrogens is 210 g/mol. The molecule has 0 unspecified atom stereocenters. The molecule has 1 aromatic carbocycles. The zero-order valence-corrected chi connectivity index (χ0v) is 10.7. The number of aliphatic hydroxyl groups is 1. The monoisotopic (exact) mass is 233 g/mol. The maximum atomic E-state index is 9.63. The van der Waals surface area contributed by atoms with Crippen molar-refractivity contribution in [1.82, 2.24) is 0 Å². The number of aliphatic hydroxyl groups excluding tert-OH is 1. The summed E-state index contributed by atoms with van der Waals surface area (Å²) in [6, 6.07) is 8.44. The van der Waals surface area contributed by atoms with Gasteiger partial charge in [-0.1, -0.05) is 31.4 Å². The minimum absolute atomic E-state index is 0.113. The van der Waals surface area contributed by atoms with Crippen molar-refractivity contribution in [2.75, 3.05) is 18.5 Å². The van der Waals surface area contributed by atoms with E-state index in [9.17, 15) is 5.11 Å². The molecule has 0 spiro atoms. The first-order valence-corrected chi connectivity index (χ1v) is 6.66. The highest BCUT2D eigenvalue weighted by Gasteiger charge is 2.30. The SMILES string of the molecule is Cc1cccc(NCC2(CO)CCCCC2)c1. The van der Waals surface area contributed by atoms with Crippen LogP contribution in [0.5, 0.6) is 0 Å². The summed E-state index contributed by atoms with van der Waals surface area (Å²) in [6.45, 7) is 3.31.